The minimum atomic E-state index is -3.01. The molecule has 0 bridgehead atoms. The molecule has 3 heterocycles. The van der Waals surface area contributed by atoms with E-state index in [0.29, 0.717) is 13.0 Å². The molecule has 136 valence electrons. The van der Waals surface area contributed by atoms with Gasteiger partial charge in [0.25, 0.3) is 0 Å². The average Bonchev–Trinajstić information content (AvgIpc) is 3.19. The number of amides is 1. The zero-order valence-electron chi connectivity index (χ0n) is 14.1. The van der Waals surface area contributed by atoms with Crippen molar-refractivity contribution in [3.05, 3.63) is 17.8 Å². The van der Waals surface area contributed by atoms with E-state index in [1.807, 2.05) is 11.4 Å². The van der Waals surface area contributed by atoms with Crippen LogP contribution in [0.1, 0.15) is 26.2 Å². The molecule has 3 rings (SSSR count). The highest BCUT2D eigenvalue weighted by Crippen LogP contribution is 2.28. The van der Waals surface area contributed by atoms with Gasteiger partial charge in [0, 0.05) is 18.0 Å². The summed E-state index contributed by atoms with van der Waals surface area (Å²) >= 11 is 2.94. The third-order valence-corrected chi connectivity index (χ3v) is 7.84. The molecule has 1 atom stereocenters. The van der Waals surface area contributed by atoms with Crippen LogP contribution in [-0.4, -0.2) is 59.0 Å². The summed E-state index contributed by atoms with van der Waals surface area (Å²) in [5, 5.41) is 3.73. The van der Waals surface area contributed by atoms with Crippen LogP contribution in [0.3, 0.4) is 0 Å². The average molecular weight is 400 g/mol. The Hall–Kier alpha value is -1.19. The number of unbranched alkanes of at least 4 members (excludes halogenated alkanes) is 1. The van der Waals surface area contributed by atoms with E-state index in [4.69, 9.17) is 0 Å². The fraction of sp³-hybridized carbons (Fsp3) is 0.562. The summed E-state index contributed by atoms with van der Waals surface area (Å²) in [6.45, 7) is 2.69. The zero-order valence-corrected chi connectivity index (χ0v) is 16.5. The van der Waals surface area contributed by atoms with E-state index in [9.17, 15) is 13.2 Å². The highest BCUT2D eigenvalue weighted by Gasteiger charge is 2.34. The number of hydrogen-bond donors (Lipinski definition) is 0. The molecule has 0 aromatic carbocycles. The summed E-state index contributed by atoms with van der Waals surface area (Å²) < 4.78 is 23.6. The summed E-state index contributed by atoms with van der Waals surface area (Å²) in [5.74, 6) is 0.530. The van der Waals surface area contributed by atoms with E-state index in [-0.39, 0.29) is 29.2 Å². The minimum absolute atomic E-state index is 0.0115. The van der Waals surface area contributed by atoms with Gasteiger partial charge >= 0.3 is 0 Å². The van der Waals surface area contributed by atoms with Crippen LogP contribution < -0.4 is 0 Å². The highest BCUT2D eigenvalue weighted by molar-refractivity contribution is 8.00. The number of hydrogen-bond acceptors (Lipinski definition) is 7. The molecular weight excluding hydrogens is 378 g/mol. The Bertz CT molecular complexity index is 850. The molecule has 0 N–H and O–H groups in total. The Morgan fingerprint density at radius 3 is 3.00 bits per heavy atom. The number of carbonyl (C=O) groups excluding carboxylic acids is 1. The fourth-order valence-corrected chi connectivity index (χ4v) is 6.35. The van der Waals surface area contributed by atoms with Crippen molar-refractivity contribution in [1.82, 2.24) is 14.9 Å². The number of fused-ring (bicyclic) bond motifs is 1. The molecule has 25 heavy (non-hydrogen) atoms. The minimum Gasteiger partial charge on any atom is -0.338 e. The largest absolute Gasteiger partial charge is 0.338 e. The quantitative estimate of drug-likeness (QED) is 0.526. The molecule has 9 heteroatoms. The molecular formula is C16H21N3O3S3. The maximum absolute atomic E-state index is 12.8. The fourth-order valence-electron chi connectivity index (χ4n) is 2.96. The van der Waals surface area contributed by atoms with E-state index in [2.05, 4.69) is 16.9 Å². The Labute approximate surface area is 156 Å². The Morgan fingerprint density at radius 1 is 1.44 bits per heavy atom. The molecule has 1 fully saturated rings. The lowest BCUT2D eigenvalue weighted by Gasteiger charge is -2.28. The summed E-state index contributed by atoms with van der Waals surface area (Å²) in [6.07, 6.45) is 3.92. The molecule has 2 aromatic rings. The molecule has 0 saturated carbocycles. The maximum Gasteiger partial charge on any atom is 0.233 e. The van der Waals surface area contributed by atoms with E-state index in [0.717, 1.165) is 28.1 Å². The van der Waals surface area contributed by atoms with Crippen molar-refractivity contribution in [2.24, 2.45) is 0 Å². The van der Waals surface area contributed by atoms with E-state index in [1.165, 1.54) is 18.1 Å². The predicted octanol–water partition coefficient (Wildman–Crippen LogP) is 2.60. The first kappa shape index (κ1) is 18.6. The van der Waals surface area contributed by atoms with Gasteiger partial charge in [0.2, 0.25) is 5.91 Å². The van der Waals surface area contributed by atoms with Gasteiger partial charge in [0.05, 0.1) is 17.3 Å². The van der Waals surface area contributed by atoms with Gasteiger partial charge in [-0.15, -0.1) is 11.3 Å². The van der Waals surface area contributed by atoms with Crippen LogP contribution in [-0.2, 0) is 14.6 Å². The Kier molecular flexibility index (Phi) is 5.96. The smallest absolute Gasteiger partial charge is 0.233 e. The molecule has 0 aliphatic carbocycles. The van der Waals surface area contributed by atoms with E-state index in [1.54, 1.807) is 16.2 Å². The standard InChI is InChI=1S/C16H21N3O3S3/c1-2-3-6-19(12-5-8-25(21,22)10-12)14(20)9-24-16-13-4-7-23-15(13)17-11-18-16/h4,7,11-12H,2-3,5-6,8-10H2,1H3/t12-/m0/s1. The molecule has 1 aliphatic heterocycles. The lowest BCUT2D eigenvalue weighted by molar-refractivity contribution is -0.130. The van der Waals surface area contributed by atoms with Crippen LogP contribution in [0.5, 0.6) is 0 Å². The summed E-state index contributed by atoms with van der Waals surface area (Å²) in [5.41, 5.74) is 0. The molecule has 0 radical (unpaired) electrons. The van der Waals surface area contributed by atoms with Crippen molar-refractivity contribution >= 4 is 49.1 Å². The number of rotatable bonds is 7. The lowest BCUT2D eigenvalue weighted by atomic mass is 10.2. The van der Waals surface area contributed by atoms with Crippen LogP contribution in [0.25, 0.3) is 10.2 Å². The highest BCUT2D eigenvalue weighted by atomic mass is 32.2. The first-order chi connectivity index (χ1) is 12.0. The van der Waals surface area contributed by atoms with Gasteiger partial charge in [0.15, 0.2) is 9.84 Å². The van der Waals surface area contributed by atoms with Crippen molar-refractivity contribution in [2.45, 2.75) is 37.3 Å². The van der Waals surface area contributed by atoms with Crippen molar-refractivity contribution in [1.29, 1.82) is 0 Å². The first-order valence-corrected chi connectivity index (χ1v) is 12.0. The van der Waals surface area contributed by atoms with Crippen molar-refractivity contribution in [3.63, 3.8) is 0 Å². The molecule has 0 unspecified atom stereocenters. The molecule has 0 spiro atoms. The second-order valence-electron chi connectivity index (χ2n) is 6.10. The van der Waals surface area contributed by atoms with E-state index >= 15 is 0 Å². The third-order valence-electron chi connectivity index (χ3n) is 4.28. The van der Waals surface area contributed by atoms with Gasteiger partial charge in [0.1, 0.15) is 16.2 Å². The van der Waals surface area contributed by atoms with Crippen molar-refractivity contribution in [2.75, 3.05) is 23.8 Å². The molecule has 1 saturated heterocycles. The number of sulfone groups is 1. The zero-order chi connectivity index (χ0) is 17.9. The Balaban J connectivity index is 1.68. The first-order valence-electron chi connectivity index (χ1n) is 8.31. The van der Waals surface area contributed by atoms with Crippen LogP contribution in [0.4, 0.5) is 0 Å². The Morgan fingerprint density at radius 2 is 2.28 bits per heavy atom. The topological polar surface area (TPSA) is 80.2 Å². The monoisotopic (exact) mass is 399 g/mol. The van der Waals surface area contributed by atoms with Gasteiger partial charge in [-0.2, -0.15) is 0 Å². The summed E-state index contributed by atoms with van der Waals surface area (Å²) in [4.78, 5) is 23.9. The third kappa shape index (κ3) is 4.51. The van der Waals surface area contributed by atoms with Gasteiger partial charge in [-0.1, -0.05) is 25.1 Å². The van der Waals surface area contributed by atoms with Crippen LogP contribution >= 0.6 is 23.1 Å². The number of aromatic nitrogens is 2. The molecule has 1 amide bonds. The van der Waals surface area contributed by atoms with Crippen LogP contribution in [0.15, 0.2) is 22.8 Å². The molecule has 1 aliphatic rings. The maximum atomic E-state index is 12.8. The summed E-state index contributed by atoms with van der Waals surface area (Å²) in [7, 11) is -3.01. The van der Waals surface area contributed by atoms with Crippen LogP contribution in [0, 0.1) is 0 Å². The van der Waals surface area contributed by atoms with Gasteiger partial charge in [-0.25, -0.2) is 18.4 Å². The predicted molar refractivity (Wildman–Crippen MR) is 102 cm³/mol. The van der Waals surface area contributed by atoms with E-state index < -0.39 is 9.84 Å². The van der Waals surface area contributed by atoms with Gasteiger partial charge in [-0.3, -0.25) is 4.79 Å². The molecule has 6 nitrogen and oxygen atoms in total. The van der Waals surface area contributed by atoms with Crippen molar-refractivity contribution in [3.8, 4) is 0 Å². The van der Waals surface area contributed by atoms with Gasteiger partial charge in [-0.05, 0) is 24.3 Å². The van der Waals surface area contributed by atoms with Crippen LogP contribution in [0.2, 0.25) is 0 Å². The second kappa shape index (κ2) is 8.01. The number of carbonyl (C=O) groups is 1. The number of thiophene rings is 1. The SMILES string of the molecule is CCCCN(C(=O)CSc1ncnc2sccc12)[C@H]1CCS(=O)(=O)C1. The van der Waals surface area contributed by atoms with Crippen molar-refractivity contribution < 1.29 is 13.2 Å². The number of nitrogens with zero attached hydrogens (tertiary/aromatic N) is 3. The lowest BCUT2D eigenvalue weighted by Crippen LogP contribution is -2.42. The normalized spacial score (nSPS) is 19.3. The molecule has 2 aromatic heterocycles. The summed E-state index contributed by atoms with van der Waals surface area (Å²) in [6, 6.07) is 1.78. The second-order valence-corrected chi connectivity index (χ2v) is 10.2. The number of thioether (sulfide) groups is 1. The van der Waals surface area contributed by atoms with Gasteiger partial charge < -0.3 is 4.90 Å².